The summed E-state index contributed by atoms with van der Waals surface area (Å²) in [5.41, 5.74) is 0.748. The van der Waals surface area contributed by atoms with Crippen LogP contribution in [0.1, 0.15) is 5.56 Å². The van der Waals surface area contributed by atoms with Gasteiger partial charge in [-0.05, 0) is 48.9 Å². The third-order valence-corrected chi connectivity index (χ3v) is 9.33. The topological polar surface area (TPSA) is 108 Å². The molecule has 2 aromatic carbocycles. The molecule has 0 saturated carbocycles. The van der Waals surface area contributed by atoms with Crippen LogP contribution in [0.15, 0.2) is 47.4 Å². The molecule has 1 aliphatic heterocycles. The average molecular weight is 470 g/mol. The maximum atomic E-state index is 13.4. The zero-order valence-electron chi connectivity index (χ0n) is 17.7. The number of hydrogen-bond donors (Lipinski definition) is 1. The van der Waals surface area contributed by atoms with Crippen molar-refractivity contribution < 1.29 is 31.0 Å². The Kier molecular flexibility index (Phi) is 7.13. The van der Waals surface area contributed by atoms with Crippen LogP contribution in [-0.2, 0) is 19.7 Å². The third kappa shape index (κ3) is 5.50. The zero-order valence-corrected chi connectivity index (χ0v) is 19.3. The lowest BCUT2D eigenvalue weighted by molar-refractivity contribution is 0.306. The molecule has 0 spiro atoms. The second kappa shape index (κ2) is 9.46. The summed E-state index contributed by atoms with van der Waals surface area (Å²) in [5.74, 6) is 0.879. The van der Waals surface area contributed by atoms with Crippen LogP contribution in [0, 0.1) is 6.92 Å². The van der Waals surface area contributed by atoms with Crippen LogP contribution in [0.2, 0.25) is 0 Å². The minimum absolute atomic E-state index is 0.0124. The highest BCUT2D eigenvalue weighted by atomic mass is 32.2. The second-order valence-electron chi connectivity index (χ2n) is 7.40. The highest BCUT2D eigenvalue weighted by molar-refractivity contribution is 7.96. The largest absolute Gasteiger partial charge is 0.497 e. The molecule has 1 N–H and O–H groups in total. The second-order valence-corrected chi connectivity index (χ2v) is 11.7. The smallest absolute Gasteiger partial charge is 0.187 e. The molecule has 1 aliphatic rings. The Bertz CT molecular complexity index is 1110. The van der Waals surface area contributed by atoms with E-state index in [1.54, 1.807) is 50.4 Å². The summed E-state index contributed by atoms with van der Waals surface area (Å²) in [6, 6.07) is 11.2. The number of ether oxygens (including phenoxy) is 3. The van der Waals surface area contributed by atoms with Crippen molar-refractivity contribution in [2.24, 2.45) is 0 Å². The molecule has 0 amide bonds. The van der Waals surface area contributed by atoms with Gasteiger partial charge >= 0.3 is 0 Å². The number of sulfone groups is 2. The van der Waals surface area contributed by atoms with Gasteiger partial charge in [-0.3, -0.25) is 0 Å². The molecule has 1 saturated heterocycles. The maximum Gasteiger partial charge on any atom is 0.187 e. The predicted molar refractivity (Wildman–Crippen MR) is 118 cm³/mol. The van der Waals surface area contributed by atoms with E-state index in [0.717, 1.165) is 5.56 Å². The molecule has 3 rings (SSSR count). The van der Waals surface area contributed by atoms with Crippen molar-refractivity contribution in [1.82, 2.24) is 5.32 Å². The number of aryl methyl sites for hydroxylation is 1. The minimum atomic E-state index is -3.94. The normalized spacial score (nSPS) is 20.4. The molecule has 31 heavy (non-hydrogen) atoms. The number of benzene rings is 2. The van der Waals surface area contributed by atoms with Crippen LogP contribution in [-0.4, -0.2) is 67.0 Å². The van der Waals surface area contributed by atoms with E-state index in [0.29, 0.717) is 18.0 Å². The lowest BCUT2D eigenvalue weighted by Crippen LogP contribution is -2.44. The third-order valence-electron chi connectivity index (χ3n) is 5.16. The predicted octanol–water partition coefficient (Wildman–Crippen LogP) is 1.62. The number of rotatable bonds is 9. The van der Waals surface area contributed by atoms with Crippen LogP contribution in [0.3, 0.4) is 0 Å². The number of nitrogens with one attached hydrogen (secondary N) is 1. The summed E-state index contributed by atoms with van der Waals surface area (Å²) in [4.78, 5) is 0.0124. The Morgan fingerprint density at radius 2 is 1.68 bits per heavy atom. The minimum Gasteiger partial charge on any atom is -0.497 e. The highest BCUT2D eigenvalue weighted by Crippen LogP contribution is 2.32. The molecule has 8 nitrogen and oxygen atoms in total. The molecule has 10 heteroatoms. The SMILES string of the molecule is COc1ccc(OCCN[C@H]2CS(=O)(=O)C[C@@H]2S(=O)(=O)c2cc(C)ccc2OC)cc1. The Balaban J connectivity index is 1.71. The van der Waals surface area contributed by atoms with Crippen molar-refractivity contribution in [1.29, 1.82) is 0 Å². The Morgan fingerprint density at radius 3 is 2.32 bits per heavy atom. The average Bonchev–Trinajstić information content (AvgIpc) is 3.06. The molecular weight excluding hydrogens is 442 g/mol. The van der Waals surface area contributed by atoms with Crippen molar-refractivity contribution >= 4 is 19.7 Å². The Morgan fingerprint density at radius 1 is 1.00 bits per heavy atom. The lowest BCUT2D eigenvalue weighted by Gasteiger charge is -2.21. The number of methoxy groups -OCH3 is 2. The standard InChI is InChI=1S/C21H27NO7S2/c1-15-4-9-19(28-3)20(12-15)31(25,26)21-14-30(23,24)13-18(21)22-10-11-29-17-7-5-16(27-2)6-8-17/h4-9,12,18,21-22H,10-11,13-14H2,1-3H3/t18-,21-/m0/s1. The van der Waals surface area contributed by atoms with Gasteiger partial charge in [0.05, 0.1) is 31.0 Å². The first-order chi connectivity index (χ1) is 14.7. The summed E-state index contributed by atoms with van der Waals surface area (Å²) < 4.78 is 67.2. The van der Waals surface area contributed by atoms with E-state index in [9.17, 15) is 16.8 Å². The fourth-order valence-corrected chi connectivity index (χ4v) is 8.53. The van der Waals surface area contributed by atoms with Crippen molar-refractivity contribution in [2.75, 3.05) is 38.9 Å². The lowest BCUT2D eigenvalue weighted by atomic mass is 10.2. The van der Waals surface area contributed by atoms with Crippen molar-refractivity contribution in [3.8, 4) is 17.2 Å². The molecule has 0 aliphatic carbocycles. The molecule has 2 atom stereocenters. The van der Waals surface area contributed by atoms with E-state index in [4.69, 9.17) is 14.2 Å². The van der Waals surface area contributed by atoms with Crippen LogP contribution in [0.5, 0.6) is 17.2 Å². The summed E-state index contributed by atoms with van der Waals surface area (Å²) in [5, 5.41) is 1.96. The van der Waals surface area contributed by atoms with Crippen molar-refractivity contribution in [3.63, 3.8) is 0 Å². The van der Waals surface area contributed by atoms with Crippen LogP contribution in [0.25, 0.3) is 0 Å². The molecule has 0 radical (unpaired) electrons. The van der Waals surface area contributed by atoms with E-state index < -0.39 is 36.7 Å². The van der Waals surface area contributed by atoms with Gasteiger partial charge in [0.2, 0.25) is 0 Å². The van der Waals surface area contributed by atoms with E-state index in [-0.39, 0.29) is 23.0 Å². The summed E-state index contributed by atoms with van der Waals surface area (Å²) in [6.45, 7) is 2.32. The summed E-state index contributed by atoms with van der Waals surface area (Å²) in [6.07, 6.45) is 0. The first kappa shape index (κ1) is 23.4. The van der Waals surface area contributed by atoms with Gasteiger partial charge in [-0.25, -0.2) is 16.8 Å². The highest BCUT2D eigenvalue weighted by Gasteiger charge is 2.46. The molecular formula is C21H27NO7S2. The van der Waals surface area contributed by atoms with E-state index in [1.165, 1.54) is 13.2 Å². The first-order valence-electron chi connectivity index (χ1n) is 9.75. The van der Waals surface area contributed by atoms with Gasteiger partial charge in [-0.2, -0.15) is 0 Å². The van der Waals surface area contributed by atoms with Gasteiger partial charge in [-0.1, -0.05) is 6.07 Å². The summed E-state index contributed by atoms with van der Waals surface area (Å²) >= 11 is 0. The van der Waals surface area contributed by atoms with Gasteiger partial charge in [-0.15, -0.1) is 0 Å². The fraction of sp³-hybridized carbons (Fsp3) is 0.429. The molecule has 170 valence electrons. The molecule has 0 unspecified atom stereocenters. The maximum absolute atomic E-state index is 13.4. The van der Waals surface area contributed by atoms with Gasteiger partial charge in [0.1, 0.15) is 28.8 Å². The van der Waals surface area contributed by atoms with Crippen molar-refractivity contribution in [2.45, 2.75) is 23.1 Å². The molecule has 0 bridgehead atoms. The van der Waals surface area contributed by atoms with E-state index >= 15 is 0 Å². The molecule has 2 aromatic rings. The van der Waals surface area contributed by atoms with Crippen LogP contribution in [0.4, 0.5) is 0 Å². The van der Waals surface area contributed by atoms with Gasteiger partial charge in [0, 0.05) is 12.6 Å². The molecule has 1 fully saturated rings. The Labute approximate surface area is 183 Å². The van der Waals surface area contributed by atoms with Crippen LogP contribution < -0.4 is 19.5 Å². The van der Waals surface area contributed by atoms with Gasteiger partial charge < -0.3 is 19.5 Å². The van der Waals surface area contributed by atoms with E-state index in [1.807, 2.05) is 0 Å². The fourth-order valence-electron chi connectivity index (χ4n) is 3.57. The van der Waals surface area contributed by atoms with Gasteiger partial charge in [0.15, 0.2) is 19.7 Å². The molecule has 0 aromatic heterocycles. The monoisotopic (exact) mass is 469 g/mol. The Hall–Kier alpha value is -2.30. The quantitative estimate of drug-likeness (QED) is 0.552. The summed E-state index contributed by atoms with van der Waals surface area (Å²) in [7, 11) is -4.48. The van der Waals surface area contributed by atoms with Crippen molar-refractivity contribution in [3.05, 3.63) is 48.0 Å². The van der Waals surface area contributed by atoms with E-state index in [2.05, 4.69) is 5.32 Å². The van der Waals surface area contributed by atoms with Gasteiger partial charge in [0.25, 0.3) is 0 Å². The number of hydrogen-bond acceptors (Lipinski definition) is 8. The first-order valence-corrected chi connectivity index (χ1v) is 13.1. The molecule has 1 heterocycles. The zero-order chi connectivity index (χ0) is 22.6. The van der Waals surface area contributed by atoms with Crippen LogP contribution >= 0.6 is 0 Å².